The molecule has 1 aromatic rings. The molecular weight excluding hydrogens is 278 g/mol. The molecule has 20 heavy (non-hydrogen) atoms. The van der Waals surface area contributed by atoms with Crippen LogP contribution in [0.15, 0.2) is 12.3 Å². The molecule has 0 radical (unpaired) electrons. The third-order valence-electron chi connectivity index (χ3n) is 4.40. The fourth-order valence-electron chi connectivity index (χ4n) is 2.68. The van der Waals surface area contributed by atoms with Gasteiger partial charge in [0, 0.05) is 6.20 Å². The molecule has 110 valence electrons. The minimum atomic E-state index is -3.59. The summed E-state index contributed by atoms with van der Waals surface area (Å²) in [6.07, 6.45) is 7.01. The van der Waals surface area contributed by atoms with Crippen LogP contribution in [0.4, 0.5) is 0 Å². The van der Waals surface area contributed by atoms with Crippen molar-refractivity contribution in [2.24, 2.45) is 0 Å². The van der Waals surface area contributed by atoms with Crippen LogP contribution in [0.2, 0.25) is 0 Å². The smallest absolute Gasteiger partial charge is 0.266 e. The third kappa shape index (κ3) is 2.24. The Morgan fingerprint density at radius 2 is 2.05 bits per heavy atom. The van der Waals surface area contributed by atoms with Crippen LogP contribution in [-0.2, 0) is 10.0 Å². The Morgan fingerprint density at radius 3 is 2.65 bits per heavy atom. The number of carbonyl (C=O) groups is 1. The zero-order valence-corrected chi connectivity index (χ0v) is 12.3. The molecule has 1 aromatic heterocycles. The van der Waals surface area contributed by atoms with Gasteiger partial charge < -0.3 is 0 Å². The molecule has 2 aliphatic rings. The highest BCUT2D eigenvalue weighted by Crippen LogP contribution is 2.42. The Morgan fingerprint density at radius 1 is 1.40 bits per heavy atom. The average molecular weight is 297 g/mol. The number of nitrogens with zero attached hydrogens (tertiary/aromatic N) is 2. The van der Waals surface area contributed by atoms with Gasteiger partial charge in [-0.1, -0.05) is 12.8 Å². The van der Waals surface area contributed by atoms with E-state index >= 15 is 0 Å². The minimum absolute atomic E-state index is 0.213. The van der Waals surface area contributed by atoms with Crippen molar-refractivity contribution in [1.82, 2.24) is 14.5 Å². The van der Waals surface area contributed by atoms with E-state index in [0.717, 1.165) is 25.7 Å². The van der Waals surface area contributed by atoms with E-state index in [1.165, 1.54) is 0 Å². The third-order valence-corrected chi connectivity index (χ3v) is 6.56. The summed E-state index contributed by atoms with van der Waals surface area (Å²) < 4.78 is 27.3. The Kier molecular flexibility index (Phi) is 3.12. The molecule has 7 heteroatoms. The van der Waals surface area contributed by atoms with Crippen LogP contribution < -0.4 is 4.72 Å². The van der Waals surface area contributed by atoms with Gasteiger partial charge in [-0.05, 0) is 38.7 Å². The number of hydrogen-bond acceptors (Lipinski definition) is 4. The van der Waals surface area contributed by atoms with Gasteiger partial charge in [-0.3, -0.25) is 9.48 Å². The van der Waals surface area contributed by atoms with Crippen LogP contribution in [0.25, 0.3) is 0 Å². The first-order chi connectivity index (χ1) is 9.43. The number of hydrogen-bond donors (Lipinski definition) is 1. The van der Waals surface area contributed by atoms with E-state index in [-0.39, 0.29) is 6.04 Å². The number of nitrogens with one attached hydrogen (secondary N) is 1. The molecule has 0 saturated heterocycles. The molecule has 3 rings (SSSR count). The van der Waals surface area contributed by atoms with E-state index in [1.54, 1.807) is 23.9 Å². The maximum atomic E-state index is 12.2. The summed E-state index contributed by atoms with van der Waals surface area (Å²) in [7, 11) is -3.59. The molecule has 0 bridgehead atoms. The molecule has 1 amide bonds. The second-order valence-corrected chi connectivity index (χ2v) is 8.18. The van der Waals surface area contributed by atoms with Crippen LogP contribution in [0.3, 0.4) is 0 Å². The molecule has 2 saturated carbocycles. The first kappa shape index (κ1) is 13.6. The summed E-state index contributed by atoms with van der Waals surface area (Å²) in [4.78, 5) is 12.2. The topological polar surface area (TPSA) is 81.1 Å². The quantitative estimate of drug-likeness (QED) is 0.915. The summed E-state index contributed by atoms with van der Waals surface area (Å²) >= 11 is 0. The van der Waals surface area contributed by atoms with Gasteiger partial charge >= 0.3 is 0 Å². The molecule has 0 atom stereocenters. The van der Waals surface area contributed by atoms with E-state index in [2.05, 4.69) is 9.82 Å². The molecule has 2 fully saturated rings. The number of amides is 1. The lowest BCUT2D eigenvalue weighted by atomic mass is 10.2. The number of rotatable bonds is 4. The predicted molar refractivity (Wildman–Crippen MR) is 73.8 cm³/mol. The summed E-state index contributed by atoms with van der Waals surface area (Å²) in [6, 6.07) is 1.79. The van der Waals surface area contributed by atoms with Crippen molar-refractivity contribution in [3.63, 3.8) is 0 Å². The summed E-state index contributed by atoms with van der Waals surface area (Å²) in [6.45, 7) is 1.66. The molecule has 0 aliphatic heterocycles. The van der Waals surface area contributed by atoms with Crippen LogP contribution in [-0.4, -0.2) is 28.9 Å². The Labute approximate surface area is 118 Å². The number of aromatic nitrogens is 2. The van der Waals surface area contributed by atoms with Crippen molar-refractivity contribution in [1.29, 1.82) is 0 Å². The maximum Gasteiger partial charge on any atom is 0.283 e. The van der Waals surface area contributed by atoms with Crippen LogP contribution in [0, 0.1) is 0 Å². The zero-order chi connectivity index (χ0) is 14.4. The van der Waals surface area contributed by atoms with Crippen molar-refractivity contribution in [3.05, 3.63) is 18.0 Å². The van der Waals surface area contributed by atoms with Crippen molar-refractivity contribution in [3.8, 4) is 0 Å². The van der Waals surface area contributed by atoms with Gasteiger partial charge in [-0.25, -0.2) is 13.1 Å². The van der Waals surface area contributed by atoms with Gasteiger partial charge in [0.25, 0.3) is 5.91 Å². The second-order valence-electron chi connectivity index (χ2n) is 5.98. The fourth-order valence-corrected chi connectivity index (χ4v) is 3.91. The van der Waals surface area contributed by atoms with E-state index in [4.69, 9.17) is 0 Å². The van der Waals surface area contributed by atoms with E-state index in [9.17, 15) is 13.2 Å². The molecule has 1 N–H and O–H groups in total. The highest BCUT2D eigenvalue weighted by Gasteiger charge is 2.51. The van der Waals surface area contributed by atoms with Gasteiger partial charge in [0.1, 0.15) is 5.69 Å². The number of carbonyl (C=O) groups excluding carboxylic acids is 1. The first-order valence-electron chi connectivity index (χ1n) is 7.03. The summed E-state index contributed by atoms with van der Waals surface area (Å²) in [5.41, 5.74) is 0.338. The zero-order valence-electron chi connectivity index (χ0n) is 11.5. The van der Waals surface area contributed by atoms with Gasteiger partial charge in [0.2, 0.25) is 10.0 Å². The first-order valence-corrected chi connectivity index (χ1v) is 8.51. The molecule has 0 spiro atoms. The van der Waals surface area contributed by atoms with Gasteiger partial charge in [0.05, 0.1) is 10.8 Å². The lowest BCUT2D eigenvalue weighted by Gasteiger charge is -2.15. The normalized spacial score (nSPS) is 21.9. The van der Waals surface area contributed by atoms with Gasteiger partial charge in [-0.15, -0.1) is 0 Å². The average Bonchev–Trinajstić information content (AvgIpc) is 2.89. The predicted octanol–water partition coefficient (Wildman–Crippen LogP) is 1.61. The largest absolute Gasteiger partial charge is 0.283 e. The molecule has 2 aliphatic carbocycles. The van der Waals surface area contributed by atoms with Crippen LogP contribution >= 0.6 is 0 Å². The highest BCUT2D eigenvalue weighted by molar-refractivity contribution is 7.91. The molecule has 6 nitrogen and oxygen atoms in total. The maximum absolute atomic E-state index is 12.2. The van der Waals surface area contributed by atoms with Crippen molar-refractivity contribution in [2.45, 2.75) is 56.2 Å². The second kappa shape index (κ2) is 4.58. The molecule has 1 heterocycles. The Hall–Kier alpha value is -1.37. The van der Waals surface area contributed by atoms with Crippen molar-refractivity contribution < 1.29 is 13.2 Å². The van der Waals surface area contributed by atoms with E-state index in [1.807, 2.05) is 0 Å². The monoisotopic (exact) mass is 297 g/mol. The van der Waals surface area contributed by atoms with Crippen LogP contribution in [0.5, 0.6) is 0 Å². The molecule has 0 aromatic carbocycles. The standard InChI is InChI=1S/C13H19N3O3S/c1-13(7-8-13)20(18,19)15-12(17)11-6-9-14-16(11)10-4-2-3-5-10/h6,9-10H,2-5,7-8H2,1H3,(H,15,17). The lowest BCUT2D eigenvalue weighted by molar-refractivity contribution is 0.0967. The fraction of sp³-hybridized carbons (Fsp3) is 0.692. The Balaban J connectivity index is 1.80. The van der Waals surface area contributed by atoms with Crippen molar-refractivity contribution in [2.75, 3.05) is 0 Å². The highest BCUT2D eigenvalue weighted by atomic mass is 32.2. The van der Waals surface area contributed by atoms with Gasteiger partial charge in [0.15, 0.2) is 0 Å². The minimum Gasteiger partial charge on any atom is -0.266 e. The molecule has 0 unspecified atom stereocenters. The lowest BCUT2D eigenvalue weighted by Crippen LogP contribution is -2.39. The SMILES string of the molecule is CC1(S(=O)(=O)NC(=O)c2ccnn2C2CCCC2)CC1. The van der Waals surface area contributed by atoms with E-state index in [0.29, 0.717) is 18.5 Å². The van der Waals surface area contributed by atoms with Gasteiger partial charge in [-0.2, -0.15) is 5.10 Å². The Bertz CT molecular complexity index is 625. The number of sulfonamides is 1. The molecular formula is C13H19N3O3S. The van der Waals surface area contributed by atoms with Crippen molar-refractivity contribution >= 4 is 15.9 Å². The van der Waals surface area contributed by atoms with Crippen LogP contribution in [0.1, 0.15) is 62.0 Å². The summed E-state index contributed by atoms with van der Waals surface area (Å²) in [5, 5.41) is 4.19. The summed E-state index contributed by atoms with van der Waals surface area (Å²) in [5.74, 6) is -0.567. The van der Waals surface area contributed by atoms with E-state index < -0.39 is 20.7 Å².